The summed E-state index contributed by atoms with van der Waals surface area (Å²) in [5.74, 6) is -0.0762. The maximum Gasteiger partial charge on any atom is 0.224 e. The van der Waals surface area contributed by atoms with Crippen LogP contribution in [0.2, 0.25) is 0 Å². The van der Waals surface area contributed by atoms with Gasteiger partial charge in [0.2, 0.25) is 5.91 Å². The fraction of sp³-hybridized carbons (Fsp3) is 0.435. The Balaban J connectivity index is 1.57. The summed E-state index contributed by atoms with van der Waals surface area (Å²) in [6, 6.07) is 13.0. The Hall–Kier alpha value is -2.20. The highest BCUT2D eigenvalue weighted by molar-refractivity contribution is 5.79. The Morgan fingerprint density at radius 1 is 1.19 bits per heavy atom. The summed E-state index contributed by atoms with van der Waals surface area (Å²) in [5.41, 5.74) is 4.74. The Bertz CT molecular complexity index is 787. The maximum atomic E-state index is 13.1. The number of likely N-dealkylation sites (tertiary alicyclic amines) is 1. The van der Waals surface area contributed by atoms with Crippen molar-refractivity contribution in [2.24, 2.45) is 5.92 Å². The van der Waals surface area contributed by atoms with Crippen molar-refractivity contribution in [1.29, 1.82) is 0 Å². The van der Waals surface area contributed by atoms with Gasteiger partial charge in [-0.25, -0.2) is 4.39 Å². The lowest BCUT2D eigenvalue weighted by Crippen LogP contribution is -2.43. The summed E-state index contributed by atoms with van der Waals surface area (Å²) < 4.78 is 13.1. The van der Waals surface area contributed by atoms with E-state index in [1.165, 1.54) is 23.3 Å². The standard InChI is InChI=1S/C23H29FN2O/c1-16-6-9-20(13-17(16)2)18(3)25-23(27)21-5-4-12-26(15-21)14-19-7-10-22(24)11-8-19/h6-11,13,18,21H,4-5,12,14-15H2,1-3H3,(H,25,27)/t18-,21+/m0/s1. The monoisotopic (exact) mass is 368 g/mol. The highest BCUT2D eigenvalue weighted by atomic mass is 19.1. The molecule has 1 aliphatic rings. The van der Waals surface area contributed by atoms with Gasteiger partial charge in [0.15, 0.2) is 0 Å². The van der Waals surface area contributed by atoms with Crippen LogP contribution in [0.15, 0.2) is 42.5 Å². The minimum Gasteiger partial charge on any atom is -0.349 e. The van der Waals surface area contributed by atoms with E-state index in [1.807, 2.05) is 19.1 Å². The SMILES string of the molecule is Cc1ccc([C@H](C)NC(=O)[C@@H]2CCCN(Cc3ccc(F)cc3)C2)cc1C. The van der Waals surface area contributed by atoms with Crippen molar-refractivity contribution in [2.45, 2.75) is 46.2 Å². The Labute approximate surface area is 161 Å². The summed E-state index contributed by atoms with van der Waals surface area (Å²) in [5, 5.41) is 3.19. The second-order valence-corrected chi connectivity index (χ2v) is 7.77. The van der Waals surface area contributed by atoms with Crippen LogP contribution in [0.5, 0.6) is 0 Å². The van der Waals surface area contributed by atoms with Crippen LogP contribution in [-0.4, -0.2) is 23.9 Å². The van der Waals surface area contributed by atoms with E-state index in [4.69, 9.17) is 0 Å². The molecule has 3 rings (SSSR count). The highest BCUT2D eigenvalue weighted by Crippen LogP contribution is 2.22. The van der Waals surface area contributed by atoms with Gasteiger partial charge in [0.1, 0.15) is 5.82 Å². The summed E-state index contributed by atoms with van der Waals surface area (Å²) >= 11 is 0. The quantitative estimate of drug-likeness (QED) is 0.841. The number of aryl methyl sites for hydroxylation is 2. The van der Waals surface area contributed by atoms with Crippen LogP contribution in [-0.2, 0) is 11.3 Å². The van der Waals surface area contributed by atoms with Crippen molar-refractivity contribution in [3.05, 3.63) is 70.5 Å². The van der Waals surface area contributed by atoms with E-state index in [1.54, 1.807) is 0 Å². The molecule has 2 atom stereocenters. The lowest BCUT2D eigenvalue weighted by molar-refractivity contribution is -0.127. The lowest BCUT2D eigenvalue weighted by atomic mass is 9.95. The molecule has 4 heteroatoms. The van der Waals surface area contributed by atoms with Crippen LogP contribution in [0.25, 0.3) is 0 Å². The van der Waals surface area contributed by atoms with Crippen LogP contribution >= 0.6 is 0 Å². The molecule has 0 aromatic heterocycles. The van der Waals surface area contributed by atoms with E-state index >= 15 is 0 Å². The van der Waals surface area contributed by atoms with Crippen molar-refractivity contribution >= 4 is 5.91 Å². The third kappa shape index (κ3) is 5.16. The second-order valence-electron chi connectivity index (χ2n) is 7.77. The Morgan fingerprint density at radius 3 is 2.63 bits per heavy atom. The zero-order valence-electron chi connectivity index (χ0n) is 16.5. The van der Waals surface area contributed by atoms with Crippen LogP contribution in [0.3, 0.4) is 0 Å². The first kappa shape index (κ1) is 19.6. The summed E-state index contributed by atoms with van der Waals surface area (Å²) in [7, 11) is 0. The second kappa shape index (κ2) is 8.66. The van der Waals surface area contributed by atoms with Gasteiger partial charge in [-0.1, -0.05) is 30.3 Å². The number of hydrogen-bond acceptors (Lipinski definition) is 2. The van der Waals surface area contributed by atoms with Crippen molar-refractivity contribution < 1.29 is 9.18 Å². The first-order valence-corrected chi connectivity index (χ1v) is 9.76. The predicted octanol–water partition coefficient (Wildman–Crippen LogP) is 4.53. The molecule has 1 saturated heterocycles. The molecule has 144 valence electrons. The summed E-state index contributed by atoms with van der Waals surface area (Å²) in [6.07, 6.45) is 1.93. The number of rotatable bonds is 5. The minimum absolute atomic E-state index is 0.00396. The number of carbonyl (C=O) groups is 1. The molecule has 0 aliphatic carbocycles. The number of amides is 1. The predicted molar refractivity (Wildman–Crippen MR) is 107 cm³/mol. The minimum atomic E-state index is -0.213. The van der Waals surface area contributed by atoms with Gasteiger partial charge < -0.3 is 5.32 Å². The van der Waals surface area contributed by atoms with Crippen LogP contribution < -0.4 is 5.32 Å². The van der Waals surface area contributed by atoms with Crippen LogP contribution in [0, 0.1) is 25.6 Å². The molecule has 0 radical (unpaired) electrons. The topological polar surface area (TPSA) is 32.3 Å². The number of halogens is 1. The smallest absolute Gasteiger partial charge is 0.224 e. The molecule has 0 bridgehead atoms. The van der Waals surface area contributed by atoms with E-state index in [9.17, 15) is 9.18 Å². The summed E-state index contributed by atoms with van der Waals surface area (Å²) in [4.78, 5) is 15.1. The number of carbonyl (C=O) groups excluding carboxylic acids is 1. The van der Waals surface area contributed by atoms with Gasteiger partial charge >= 0.3 is 0 Å². The molecule has 1 fully saturated rings. The Kier molecular flexibility index (Phi) is 6.27. The number of benzene rings is 2. The zero-order chi connectivity index (χ0) is 19.4. The molecule has 0 saturated carbocycles. The number of nitrogens with zero attached hydrogens (tertiary/aromatic N) is 1. The van der Waals surface area contributed by atoms with Gasteiger partial charge in [-0.2, -0.15) is 0 Å². The van der Waals surface area contributed by atoms with Crippen molar-refractivity contribution in [3.63, 3.8) is 0 Å². The molecule has 2 aromatic carbocycles. The van der Waals surface area contributed by atoms with Crippen molar-refractivity contribution in [1.82, 2.24) is 10.2 Å². The van der Waals surface area contributed by atoms with Gasteiger partial charge in [-0.15, -0.1) is 0 Å². The molecule has 0 unspecified atom stereocenters. The molecule has 3 nitrogen and oxygen atoms in total. The van der Waals surface area contributed by atoms with E-state index < -0.39 is 0 Å². The Morgan fingerprint density at radius 2 is 1.93 bits per heavy atom. The third-order valence-corrected chi connectivity index (χ3v) is 5.59. The molecule has 1 aliphatic heterocycles. The molecule has 1 amide bonds. The molecule has 1 N–H and O–H groups in total. The van der Waals surface area contributed by atoms with Crippen LogP contribution in [0.4, 0.5) is 4.39 Å². The number of piperidine rings is 1. The van der Waals surface area contributed by atoms with E-state index in [2.05, 4.69) is 42.3 Å². The largest absolute Gasteiger partial charge is 0.349 e. The van der Waals surface area contributed by atoms with Gasteiger partial charge in [0, 0.05) is 13.1 Å². The van der Waals surface area contributed by atoms with E-state index in [0.29, 0.717) is 0 Å². The number of nitrogens with one attached hydrogen (secondary N) is 1. The highest BCUT2D eigenvalue weighted by Gasteiger charge is 2.26. The van der Waals surface area contributed by atoms with Gasteiger partial charge in [-0.3, -0.25) is 9.69 Å². The molecule has 0 spiro atoms. The van der Waals surface area contributed by atoms with E-state index in [0.717, 1.165) is 43.6 Å². The average molecular weight is 368 g/mol. The van der Waals surface area contributed by atoms with Crippen molar-refractivity contribution in [2.75, 3.05) is 13.1 Å². The van der Waals surface area contributed by atoms with Crippen molar-refractivity contribution in [3.8, 4) is 0 Å². The molecule has 1 heterocycles. The molecular formula is C23H29FN2O. The first-order chi connectivity index (χ1) is 12.9. The fourth-order valence-electron chi connectivity index (χ4n) is 3.71. The number of hydrogen-bond donors (Lipinski definition) is 1. The molecule has 27 heavy (non-hydrogen) atoms. The molecular weight excluding hydrogens is 339 g/mol. The van der Waals surface area contributed by atoms with Gasteiger partial charge in [-0.05, 0) is 74.5 Å². The van der Waals surface area contributed by atoms with E-state index in [-0.39, 0.29) is 23.7 Å². The average Bonchev–Trinajstić information content (AvgIpc) is 2.66. The van der Waals surface area contributed by atoms with Gasteiger partial charge in [0.25, 0.3) is 0 Å². The normalized spacial score (nSPS) is 18.9. The van der Waals surface area contributed by atoms with Gasteiger partial charge in [0.05, 0.1) is 12.0 Å². The third-order valence-electron chi connectivity index (χ3n) is 5.59. The summed E-state index contributed by atoms with van der Waals surface area (Å²) in [6.45, 7) is 8.73. The first-order valence-electron chi connectivity index (χ1n) is 9.76. The molecule has 2 aromatic rings. The maximum absolute atomic E-state index is 13.1. The lowest BCUT2D eigenvalue weighted by Gasteiger charge is -2.32. The fourth-order valence-corrected chi connectivity index (χ4v) is 3.71. The zero-order valence-corrected chi connectivity index (χ0v) is 16.5. The van der Waals surface area contributed by atoms with Crippen LogP contribution in [0.1, 0.15) is 48.1 Å².